The third-order valence-electron chi connectivity index (χ3n) is 5.25. The van der Waals surface area contributed by atoms with E-state index in [9.17, 15) is 5.11 Å². The standard InChI is InChI=1S/C20H32N4O2/c1-4-21-20(23-16-11-14(2)24(13-16)17-7-8-17)22-12-19(25)15-5-9-18(26-3)10-6-15/h5-6,9-10,14,16-17,19,25H,4,7-8,11-13H2,1-3H3,(H2,21,22,23). The van der Waals surface area contributed by atoms with Gasteiger partial charge in [0.2, 0.25) is 0 Å². The number of hydrogen-bond donors (Lipinski definition) is 3. The van der Waals surface area contributed by atoms with Crippen molar-refractivity contribution in [2.24, 2.45) is 4.99 Å². The Hall–Kier alpha value is -1.79. The second-order valence-corrected chi connectivity index (χ2v) is 7.36. The van der Waals surface area contributed by atoms with Crippen LogP contribution in [0.1, 0.15) is 44.8 Å². The Balaban J connectivity index is 1.56. The monoisotopic (exact) mass is 360 g/mol. The Morgan fingerprint density at radius 2 is 2.08 bits per heavy atom. The van der Waals surface area contributed by atoms with Crippen LogP contribution in [0.2, 0.25) is 0 Å². The molecule has 1 saturated heterocycles. The summed E-state index contributed by atoms with van der Waals surface area (Å²) in [6, 6.07) is 9.33. The molecule has 0 bridgehead atoms. The van der Waals surface area contributed by atoms with Gasteiger partial charge in [-0.05, 0) is 50.8 Å². The first kappa shape index (κ1) is 19.0. The Morgan fingerprint density at radius 3 is 2.69 bits per heavy atom. The molecule has 6 heteroatoms. The minimum absolute atomic E-state index is 0.330. The van der Waals surface area contributed by atoms with E-state index in [1.807, 2.05) is 24.3 Å². The van der Waals surface area contributed by atoms with Crippen molar-refractivity contribution in [1.82, 2.24) is 15.5 Å². The average Bonchev–Trinajstić information content (AvgIpc) is 3.43. The molecule has 26 heavy (non-hydrogen) atoms. The number of benzene rings is 1. The molecule has 1 aliphatic heterocycles. The molecule has 3 N–H and O–H groups in total. The molecule has 0 amide bonds. The number of nitrogens with zero attached hydrogens (tertiary/aromatic N) is 2. The van der Waals surface area contributed by atoms with Gasteiger partial charge >= 0.3 is 0 Å². The van der Waals surface area contributed by atoms with Crippen LogP contribution in [-0.2, 0) is 0 Å². The third kappa shape index (κ3) is 4.89. The largest absolute Gasteiger partial charge is 0.497 e. The molecule has 0 radical (unpaired) electrons. The van der Waals surface area contributed by atoms with E-state index in [-0.39, 0.29) is 0 Å². The highest BCUT2D eigenvalue weighted by Crippen LogP contribution is 2.33. The quantitative estimate of drug-likeness (QED) is 0.512. The van der Waals surface area contributed by atoms with Crippen molar-refractivity contribution in [3.8, 4) is 5.75 Å². The zero-order valence-corrected chi connectivity index (χ0v) is 16.1. The Labute approximate surface area is 156 Å². The molecule has 3 atom stereocenters. The van der Waals surface area contributed by atoms with Gasteiger partial charge in [-0.3, -0.25) is 9.89 Å². The van der Waals surface area contributed by atoms with Gasteiger partial charge in [0.15, 0.2) is 5.96 Å². The number of nitrogens with one attached hydrogen (secondary N) is 2. The normalized spacial score (nSPS) is 25.2. The van der Waals surface area contributed by atoms with E-state index in [4.69, 9.17) is 4.74 Å². The lowest BCUT2D eigenvalue weighted by Gasteiger charge is -2.20. The Kier molecular flexibility index (Phi) is 6.38. The molecule has 1 saturated carbocycles. The molecule has 3 unspecified atom stereocenters. The SMILES string of the molecule is CCNC(=NCC(O)c1ccc(OC)cc1)NC1CC(C)N(C2CC2)C1. The number of methoxy groups -OCH3 is 1. The summed E-state index contributed by atoms with van der Waals surface area (Å²) in [5.74, 6) is 1.57. The smallest absolute Gasteiger partial charge is 0.191 e. The fraction of sp³-hybridized carbons (Fsp3) is 0.650. The van der Waals surface area contributed by atoms with Gasteiger partial charge in [-0.2, -0.15) is 0 Å². The minimum Gasteiger partial charge on any atom is -0.497 e. The maximum Gasteiger partial charge on any atom is 0.191 e. The lowest BCUT2D eigenvalue weighted by atomic mass is 10.1. The Morgan fingerprint density at radius 1 is 1.35 bits per heavy atom. The summed E-state index contributed by atoms with van der Waals surface area (Å²) in [6.07, 6.45) is 3.21. The van der Waals surface area contributed by atoms with Crippen LogP contribution in [0.5, 0.6) is 5.75 Å². The van der Waals surface area contributed by atoms with E-state index >= 15 is 0 Å². The van der Waals surface area contributed by atoms with E-state index in [2.05, 4.69) is 34.4 Å². The number of likely N-dealkylation sites (tertiary alicyclic amines) is 1. The third-order valence-corrected chi connectivity index (χ3v) is 5.25. The molecule has 144 valence electrons. The van der Waals surface area contributed by atoms with Crippen molar-refractivity contribution in [2.75, 3.05) is 26.7 Å². The van der Waals surface area contributed by atoms with Gasteiger partial charge in [-0.15, -0.1) is 0 Å². The number of aliphatic hydroxyl groups excluding tert-OH is 1. The zero-order valence-electron chi connectivity index (χ0n) is 16.1. The molecule has 1 aromatic rings. The predicted molar refractivity (Wildman–Crippen MR) is 105 cm³/mol. The van der Waals surface area contributed by atoms with E-state index in [0.717, 1.165) is 42.8 Å². The summed E-state index contributed by atoms with van der Waals surface area (Å²) >= 11 is 0. The zero-order chi connectivity index (χ0) is 18.5. The van der Waals surface area contributed by atoms with E-state index in [1.54, 1.807) is 7.11 Å². The first-order valence-electron chi connectivity index (χ1n) is 9.73. The molecule has 1 aliphatic carbocycles. The Bertz CT molecular complexity index is 600. The second kappa shape index (κ2) is 8.73. The lowest BCUT2D eigenvalue weighted by molar-refractivity contribution is 0.187. The highest BCUT2D eigenvalue weighted by molar-refractivity contribution is 5.80. The van der Waals surface area contributed by atoms with Crippen LogP contribution < -0.4 is 15.4 Å². The number of aliphatic hydroxyl groups is 1. The van der Waals surface area contributed by atoms with Gasteiger partial charge in [-0.25, -0.2) is 0 Å². The number of rotatable bonds is 7. The van der Waals surface area contributed by atoms with Crippen molar-refractivity contribution >= 4 is 5.96 Å². The minimum atomic E-state index is -0.623. The number of guanidine groups is 1. The van der Waals surface area contributed by atoms with Crippen molar-refractivity contribution < 1.29 is 9.84 Å². The molecule has 1 heterocycles. The summed E-state index contributed by atoms with van der Waals surface area (Å²) < 4.78 is 5.16. The fourth-order valence-corrected chi connectivity index (χ4v) is 3.70. The number of ether oxygens (including phenoxy) is 1. The van der Waals surface area contributed by atoms with Gasteiger partial charge in [0.25, 0.3) is 0 Å². The molecule has 6 nitrogen and oxygen atoms in total. The molecule has 0 aromatic heterocycles. The number of aliphatic imine (C=N–C) groups is 1. The maximum atomic E-state index is 10.4. The van der Waals surface area contributed by atoms with Crippen molar-refractivity contribution in [2.45, 2.75) is 57.3 Å². The van der Waals surface area contributed by atoms with Crippen LogP contribution >= 0.6 is 0 Å². The summed E-state index contributed by atoms with van der Waals surface area (Å²) in [6.45, 7) is 6.59. The first-order chi connectivity index (χ1) is 12.6. The maximum absolute atomic E-state index is 10.4. The lowest BCUT2D eigenvalue weighted by Crippen LogP contribution is -2.45. The summed E-state index contributed by atoms with van der Waals surface area (Å²) in [7, 11) is 1.64. The van der Waals surface area contributed by atoms with Crippen LogP contribution in [-0.4, -0.2) is 60.8 Å². The molecule has 0 spiro atoms. The van der Waals surface area contributed by atoms with E-state index in [0.29, 0.717) is 18.6 Å². The highest BCUT2D eigenvalue weighted by atomic mass is 16.5. The fourth-order valence-electron chi connectivity index (χ4n) is 3.70. The summed E-state index contributed by atoms with van der Waals surface area (Å²) in [5, 5.41) is 17.3. The first-order valence-corrected chi connectivity index (χ1v) is 9.73. The van der Waals surface area contributed by atoms with Crippen LogP contribution in [0.4, 0.5) is 0 Å². The van der Waals surface area contributed by atoms with Gasteiger partial charge in [0.05, 0.1) is 19.8 Å². The topological polar surface area (TPSA) is 69.1 Å². The van der Waals surface area contributed by atoms with Crippen LogP contribution in [0.3, 0.4) is 0 Å². The van der Waals surface area contributed by atoms with E-state index < -0.39 is 6.10 Å². The number of hydrogen-bond acceptors (Lipinski definition) is 4. The molecule has 3 rings (SSSR count). The molecule has 1 aromatic carbocycles. The highest BCUT2D eigenvalue weighted by Gasteiger charge is 2.38. The average molecular weight is 361 g/mol. The van der Waals surface area contributed by atoms with Crippen LogP contribution in [0.15, 0.2) is 29.3 Å². The molecular formula is C20H32N4O2. The summed E-state index contributed by atoms with van der Waals surface area (Å²) in [4.78, 5) is 7.22. The van der Waals surface area contributed by atoms with Gasteiger partial charge < -0.3 is 20.5 Å². The molecule has 2 aliphatic rings. The van der Waals surface area contributed by atoms with Crippen LogP contribution in [0.25, 0.3) is 0 Å². The summed E-state index contributed by atoms with van der Waals surface area (Å²) in [5.41, 5.74) is 0.847. The molecular weight excluding hydrogens is 328 g/mol. The van der Waals surface area contributed by atoms with Crippen molar-refractivity contribution in [3.63, 3.8) is 0 Å². The van der Waals surface area contributed by atoms with E-state index in [1.165, 1.54) is 12.8 Å². The van der Waals surface area contributed by atoms with Gasteiger partial charge in [-0.1, -0.05) is 12.1 Å². The predicted octanol–water partition coefficient (Wildman–Crippen LogP) is 1.91. The van der Waals surface area contributed by atoms with Crippen molar-refractivity contribution in [1.29, 1.82) is 0 Å². The van der Waals surface area contributed by atoms with Gasteiger partial charge in [0, 0.05) is 31.2 Å². The molecule has 2 fully saturated rings. The van der Waals surface area contributed by atoms with Crippen molar-refractivity contribution in [3.05, 3.63) is 29.8 Å². The van der Waals surface area contributed by atoms with Crippen LogP contribution in [0, 0.1) is 0 Å². The van der Waals surface area contributed by atoms with Gasteiger partial charge in [0.1, 0.15) is 5.75 Å². The second-order valence-electron chi connectivity index (χ2n) is 7.36.